The molecule has 0 aromatic heterocycles. The van der Waals surface area contributed by atoms with Crippen LogP contribution in [0.3, 0.4) is 0 Å². The minimum Gasteiger partial charge on any atom is -0.496 e. The number of carbonyl (C=O) groups is 7. The van der Waals surface area contributed by atoms with Crippen molar-refractivity contribution in [3.05, 3.63) is 59.2 Å². The van der Waals surface area contributed by atoms with Crippen LogP contribution in [0.2, 0.25) is 0 Å². The maximum atomic E-state index is 14.1. The molecule has 3 amide bonds. The maximum Gasteiger partial charge on any atom is 0.330 e. The highest BCUT2D eigenvalue weighted by Crippen LogP contribution is 2.58. The van der Waals surface area contributed by atoms with Gasteiger partial charge in [-0.1, -0.05) is 19.9 Å². The molecule has 7 N–H and O–H groups in total. The smallest absolute Gasteiger partial charge is 0.330 e. The molecule has 2 aromatic rings. The molecule has 5 fully saturated rings. The summed E-state index contributed by atoms with van der Waals surface area (Å²) in [6, 6.07) is 10.6. The van der Waals surface area contributed by atoms with Crippen molar-refractivity contribution in [1.82, 2.24) is 39.6 Å². The normalized spacial score (nSPS) is 22.1. The second-order valence-corrected chi connectivity index (χ2v) is 22.9. The zero-order valence-electron chi connectivity index (χ0n) is 48.3. The predicted molar refractivity (Wildman–Crippen MR) is 305 cm³/mol. The number of carboxylic acids is 4. The number of ether oxygens (including phenoxy) is 2. The average molecular weight is 1130 g/mol. The molecule has 4 aliphatic carbocycles. The van der Waals surface area contributed by atoms with Gasteiger partial charge in [-0.05, 0) is 137 Å². The minimum atomic E-state index is -1.44. The first-order chi connectivity index (χ1) is 38.5. The van der Waals surface area contributed by atoms with E-state index in [0.29, 0.717) is 111 Å². The summed E-state index contributed by atoms with van der Waals surface area (Å²) in [4.78, 5) is 102. The highest BCUT2D eigenvalue weighted by atomic mass is 16.5. The third kappa shape index (κ3) is 17.2. The molecular formula is C58H86N10O13. The SMILES string of the molecule is COc1cccc(OC)c1/C(=C/C(=N)C(=O)NC1(C(=O)O)C2CC3CC(C2)CC1C3)Nc1ccc(C(=O)N(C)CCCN(C)CCCN(C)C(=O)CN2CCN(CC(=O)O)CCN(CC(=O)O)CCN(CC(=O)O)CC2)cc1C(C)C. The van der Waals surface area contributed by atoms with Crippen LogP contribution in [0.5, 0.6) is 11.5 Å². The second kappa shape index (κ2) is 29.4. The van der Waals surface area contributed by atoms with Crippen LogP contribution in [0, 0.1) is 29.1 Å². The molecular weight excluding hydrogens is 1040 g/mol. The van der Waals surface area contributed by atoms with E-state index in [1.807, 2.05) is 31.9 Å². The molecule has 7 rings (SSSR count). The van der Waals surface area contributed by atoms with Crippen molar-refractivity contribution in [1.29, 1.82) is 5.41 Å². The van der Waals surface area contributed by atoms with Gasteiger partial charge in [0.25, 0.3) is 11.8 Å². The first kappa shape index (κ1) is 63.5. The Balaban J connectivity index is 1.04. The van der Waals surface area contributed by atoms with Crippen molar-refractivity contribution < 1.29 is 63.5 Å². The number of likely N-dealkylation sites (N-methyl/N-ethyl adjacent to an activating group) is 1. The number of rotatable bonds is 27. The lowest BCUT2D eigenvalue weighted by molar-refractivity contribution is -0.166. The summed E-state index contributed by atoms with van der Waals surface area (Å²) in [5.41, 5.74) is 0.743. The number of carbonyl (C=O) groups excluding carboxylic acids is 3. The van der Waals surface area contributed by atoms with Crippen LogP contribution < -0.4 is 20.1 Å². The Bertz CT molecular complexity index is 2530. The third-order valence-electron chi connectivity index (χ3n) is 16.7. The number of carboxylic acid groups (broad SMARTS) is 4. The number of anilines is 1. The van der Waals surface area contributed by atoms with E-state index in [-0.39, 0.29) is 81.9 Å². The molecule has 81 heavy (non-hydrogen) atoms. The zero-order valence-corrected chi connectivity index (χ0v) is 48.3. The van der Waals surface area contributed by atoms with E-state index in [0.717, 1.165) is 37.7 Å². The number of nitrogens with zero attached hydrogens (tertiary/aromatic N) is 7. The number of benzene rings is 2. The van der Waals surface area contributed by atoms with Crippen molar-refractivity contribution in [2.75, 3.05) is 145 Å². The van der Waals surface area contributed by atoms with E-state index in [4.69, 9.17) is 14.9 Å². The third-order valence-corrected chi connectivity index (χ3v) is 16.7. The summed E-state index contributed by atoms with van der Waals surface area (Å²) in [6.07, 6.45) is 6.84. The Morgan fingerprint density at radius 2 is 1.12 bits per heavy atom. The molecule has 4 saturated carbocycles. The molecule has 0 atom stereocenters. The first-order valence-corrected chi connectivity index (χ1v) is 28.2. The zero-order chi connectivity index (χ0) is 59.1. The average Bonchev–Trinajstić information content (AvgIpc) is 3.51. The molecule has 1 aliphatic heterocycles. The number of hydrogen-bond donors (Lipinski definition) is 7. The lowest BCUT2D eigenvalue weighted by Crippen LogP contribution is -2.70. The molecule has 446 valence electrons. The van der Waals surface area contributed by atoms with E-state index >= 15 is 0 Å². The molecule has 0 unspecified atom stereocenters. The summed E-state index contributed by atoms with van der Waals surface area (Å²) < 4.78 is 11.5. The Morgan fingerprint density at radius 1 is 0.667 bits per heavy atom. The molecule has 4 bridgehead atoms. The van der Waals surface area contributed by atoms with Gasteiger partial charge in [-0.3, -0.25) is 53.8 Å². The molecule has 5 aliphatic rings. The van der Waals surface area contributed by atoms with Crippen molar-refractivity contribution in [2.24, 2.45) is 23.7 Å². The molecule has 23 nitrogen and oxygen atoms in total. The highest BCUT2D eigenvalue weighted by Gasteiger charge is 2.62. The molecule has 23 heteroatoms. The molecule has 0 spiro atoms. The summed E-state index contributed by atoms with van der Waals surface area (Å²) in [5, 5.41) is 54.8. The predicted octanol–water partition coefficient (Wildman–Crippen LogP) is 3.41. The fourth-order valence-electron chi connectivity index (χ4n) is 12.5. The van der Waals surface area contributed by atoms with Crippen LogP contribution in [0.25, 0.3) is 5.70 Å². The van der Waals surface area contributed by atoms with E-state index < -0.39 is 41.0 Å². The Morgan fingerprint density at radius 3 is 1.56 bits per heavy atom. The van der Waals surface area contributed by atoms with E-state index in [1.54, 1.807) is 68.9 Å². The highest BCUT2D eigenvalue weighted by molar-refractivity contribution is 6.43. The first-order valence-electron chi connectivity index (χ1n) is 28.2. The standard InChI is InChI=1S/C58H86N10O13/c1-38(2)44-32-41(13-14-46(44)60-47(54-48(80-6)11-8-12-49(54)81-7)33-45(59)55(76)61-58(57(78)79)42-28-39-27-40(30-42)31-43(58)29-39)56(77)64(5)18-10-16-62(3)15-9-17-63(4)50(69)34-65-19-21-66(35-51(70)71)23-25-68(37-53(74)75)26-24-67(22-20-65)36-52(72)73/h8,11-14,32-33,38-40,42-43,59-60H,9-10,15-31,34-37H2,1-7H3,(H,61,76)(H,70,71)(H,72,73)(H,74,75)(H,78,79)/b47-33-,59-45?. The van der Waals surface area contributed by atoms with Crippen LogP contribution in [-0.4, -0.2) is 248 Å². The number of aliphatic carboxylic acids is 4. The Hall–Kier alpha value is -6.66. The van der Waals surface area contributed by atoms with Crippen molar-refractivity contribution >= 4 is 58.7 Å². The number of hydrogen-bond acceptors (Lipinski definition) is 16. The number of amides is 3. The fraction of sp³-hybridized carbons (Fsp3) is 0.621. The van der Waals surface area contributed by atoms with Gasteiger partial charge in [0.1, 0.15) is 22.7 Å². The molecule has 1 saturated heterocycles. The van der Waals surface area contributed by atoms with Gasteiger partial charge in [-0.15, -0.1) is 0 Å². The molecule has 0 radical (unpaired) electrons. The van der Waals surface area contributed by atoms with Crippen molar-refractivity contribution in [3.63, 3.8) is 0 Å². The van der Waals surface area contributed by atoms with Gasteiger partial charge in [-0.25, -0.2) is 4.79 Å². The van der Waals surface area contributed by atoms with Crippen molar-refractivity contribution in [3.8, 4) is 11.5 Å². The van der Waals surface area contributed by atoms with Crippen LogP contribution in [0.1, 0.15) is 86.2 Å². The maximum absolute atomic E-state index is 14.1. The molecule has 1 heterocycles. The summed E-state index contributed by atoms with van der Waals surface area (Å²) >= 11 is 0. The Labute approximate surface area is 475 Å². The van der Waals surface area contributed by atoms with Gasteiger partial charge >= 0.3 is 23.9 Å². The fourth-order valence-corrected chi connectivity index (χ4v) is 12.5. The monoisotopic (exact) mass is 1130 g/mol. The lowest BCUT2D eigenvalue weighted by Gasteiger charge is -2.59. The second-order valence-electron chi connectivity index (χ2n) is 22.9. The van der Waals surface area contributed by atoms with Crippen LogP contribution >= 0.6 is 0 Å². The van der Waals surface area contributed by atoms with Gasteiger partial charge < -0.3 is 55.2 Å². The van der Waals surface area contributed by atoms with Crippen LogP contribution in [0.4, 0.5) is 5.69 Å². The van der Waals surface area contributed by atoms with Crippen LogP contribution in [-0.2, 0) is 28.8 Å². The number of methoxy groups -OCH3 is 2. The van der Waals surface area contributed by atoms with Gasteiger partial charge in [0.2, 0.25) is 5.91 Å². The largest absolute Gasteiger partial charge is 0.496 e. The van der Waals surface area contributed by atoms with E-state index in [2.05, 4.69) is 15.5 Å². The van der Waals surface area contributed by atoms with E-state index in [1.165, 1.54) is 20.3 Å². The Kier molecular flexibility index (Phi) is 23.0. The molecule has 2 aromatic carbocycles. The summed E-state index contributed by atoms with van der Waals surface area (Å²) in [5.74, 6) is -3.94. The quantitative estimate of drug-likeness (QED) is 0.0631. The van der Waals surface area contributed by atoms with Gasteiger partial charge in [-0.2, -0.15) is 0 Å². The minimum absolute atomic E-state index is 0.0542. The number of nitrogens with one attached hydrogen (secondary N) is 3. The van der Waals surface area contributed by atoms with Gasteiger partial charge in [0.15, 0.2) is 0 Å². The van der Waals surface area contributed by atoms with Crippen molar-refractivity contribution in [2.45, 2.75) is 70.3 Å². The van der Waals surface area contributed by atoms with Crippen LogP contribution in [0.15, 0.2) is 42.5 Å². The van der Waals surface area contributed by atoms with Gasteiger partial charge in [0, 0.05) is 90.8 Å². The van der Waals surface area contributed by atoms with Gasteiger partial charge in [0.05, 0.1) is 51.7 Å². The summed E-state index contributed by atoms with van der Waals surface area (Å²) in [6.45, 7) is 8.10. The lowest BCUT2D eigenvalue weighted by atomic mass is 9.48. The topological polar surface area (TPSA) is 289 Å². The van der Waals surface area contributed by atoms with E-state index in [9.17, 15) is 54.0 Å². The summed E-state index contributed by atoms with van der Waals surface area (Å²) in [7, 11) is 8.50.